The second-order valence-corrected chi connectivity index (χ2v) is 9.25. The predicted molar refractivity (Wildman–Crippen MR) is 117 cm³/mol. The molecule has 1 atom stereocenters. The Hall–Kier alpha value is -2.97. The zero-order chi connectivity index (χ0) is 23.0. The summed E-state index contributed by atoms with van der Waals surface area (Å²) in [6.07, 6.45) is 3.52. The maximum Gasteiger partial charge on any atom is 0.259 e. The number of carbonyl (C=O) groups excluding carboxylic acids is 2. The molecule has 9 nitrogen and oxygen atoms in total. The van der Waals surface area contributed by atoms with Crippen molar-refractivity contribution >= 4 is 11.8 Å². The van der Waals surface area contributed by atoms with Gasteiger partial charge in [0.25, 0.3) is 11.5 Å². The number of nitrogens with one attached hydrogen (secondary N) is 1. The van der Waals surface area contributed by atoms with E-state index in [0.717, 1.165) is 30.8 Å². The summed E-state index contributed by atoms with van der Waals surface area (Å²) in [5, 5.41) is 6.86. The number of fused-ring (bicyclic) bond motifs is 2. The largest absolute Gasteiger partial charge is 0.361 e. The van der Waals surface area contributed by atoms with Gasteiger partial charge in [0.05, 0.1) is 29.5 Å². The van der Waals surface area contributed by atoms with Crippen LogP contribution in [0.25, 0.3) is 0 Å². The fourth-order valence-electron chi connectivity index (χ4n) is 4.71. The molecule has 0 aliphatic carbocycles. The van der Waals surface area contributed by atoms with E-state index < -0.39 is 0 Å². The lowest BCUT2D eigenvalue weighted by Gasteiger charge is -2.32. The highest BCUT2D eigenvalue weighted by Crippen LogP contribution is 2.25. The van der Waals surface area contributed by atoms with Crippen molar-refractivity contribution in [3.05, 3.63) is 44.5 Å². The number of aryl methyl sites for hydroxylation is 3. The van der Waals surface area contributed by atoms with E-state index in [1.54, 1.807) is 23.3 Å². The van der Waals surface area contributed by atoms with Gasteiger partial charge in [-0.2, -0.15) is 0 Å². The Labute approximate surface area is 187 Å². The van der Waals surface area contributed by atoms with Crippen LogP contribution in [0, 0.1) is 19.8 Å². The van der Waals surface area contributed by atoms with E-state index in [9.17, 15) is 14.4 Å². The van der Waals surface area contributed by atoms with E-state index in [1.807, 2.05) is 13.8 Å². The first kappa shape index (κ1) is 22.2. The molecular formula is C23H31N5O4. The predicted octanol–water partition coefficient (Wildman–Crippen LogP) is 2.09. The van der Waals surface area contributed by atoms with Gasteiger partial charge in [-0.1, -0.05) is 19.0 Å². The van der Waals surface area contributed by atoms with E-state index in [0.29, 0.717) is 48.5 Å². The van der Waals surface area contributed by atoms with E-state index in [1.165, 1.54) is 0 Å². The Kier molecular flexibility index (Phi) is 6.17. The summed E-state index contributed by atoms with van der Waals surface area (Å²) >= 11 is 0. The summed E-state index contributed by atoms with van der Waals surface area (Å²) < 4.78 is 6.90. The molecule has 1 unspecified atom stereocenters. The van der Waals surface area contributed by atoms with Crippen molar-refractivity contribution in [2.24, 2.45) is 5.92 Å². The molecule has 0 aromatic carbocycles. The minimum Gasteiger partial charge on any atom is -0.361 e. The zero-order valence-electron chi connectivity index (χ0n) is 19.2. The van der Waals surface area contributed by atoms with Gasteiger partial charge in [-0.25, -0.2) is 4.98 Å². The Balaban J connectivity index is 1.59. The Morgan fingerprint density at radius 2 is 2.03 bits per heavy atom. The Bertz CT molecular complexity index is 1080. The van der Waals surface area contributed by atoms with Crippen LogP contribution in [-0.2, 0) is 24.2 Å². The lowest BCUT2D eigenvalue weighted by atomic mass is 10.00. The topological polar surface area (TPSA) is 110 Å². The summed E-state index contributed by atoms with van der Waals surface area (Å²) in [6, 6.07) is -0.117. The third kappa shape index (κ3) is 4.20. The van der Waals surface area contributed by atoms with Gasteiger partial charge >= 0.3 is 0 Å². The highest BCUT2D eigenvalue weighted by Gasteiger charge is 2.32. The van der Waals surface area contributed by atoms with Crippen molar-refractivity contribution in [1.29, 1.82) is 0 Å². The monoisotopic (exact) mass is 441 g/mol. The molecule has 2 aliphatic heterocycles. The fraction of sp³-hybridized carbons (Fsp3) is 0.609. The average Bonchev–Trinajstić information content (AvgIpc) is 3.09. The molecule has 0 saturated carbocycles. The molecule has 0 bridgehead atoms. The second kappa shape index (κ2) is 8.88. The van der Waals surface area contributed by atoms with E-state index in [4.69, 9.17) is 9.51 Å². The first-order valence-corrected chi connectivity index (χ1v) is 11.4. The lowest BCUT2D eigenvalue weighted by Crippen LogP contribution is -2.45. The minimum atomic E-state index is -0.175. The molecule has 0 spiro atoms. The van der Waals surface area contributed by atoms with E-state index >= 15 is 0 Å². The molecule has 4 rings (SSSR count). The van der Waals surface area contributed by atoms with Crippen molar-refractivity contribution in [2.45, 2.75) is 72.4 Å². The quantitative estimate of drug-likeness (QED) is 0.761. The van der Waals surface area contributed by atoms with E-state index in [-0.39, 0.29) is 35.9 Å². The number of carbonyl (C=O) groups is 2. The van der Waals surface area contributed by atoms with Crippen molar-refractivity contribution < 1.29 is 14.1 Å². The molecule has 172 valence electrons. The SMILES string of the molecule is Cc1noc(C)c1C(=O)N1CCc2nc3n(c(=O)c2C1)C(CNC(=O)CC(C)C)CCC3. The molecule has 2 aromatic rings. The van der Waals surface area contributed by atoms with Crippen LogP contribution in [0.15, 0.2) is 9.32 Å². The number of aromatic nitrogens is 3. The molecule has 0 saturated heterocycles. The Morgan fingerprint density at radius 1 is 1.25 bits per heavy atom. The van der Waals surface area contributed by atoms with E-state index in [2.05, 4.69) is 10.5 Å². The van der Waals surface area contributed by atoms with Crippen LogP contribution in [0.5, 0.6) is 0 Å². The van der Waals surface area contributed by atoms with Gasteiger partial charge in [-0.3, -0.25) is 19.0 Å². The maximum atomic E-state index is 13.5. The average molecular weight is 442 g/mol. The third-order valence-electron chi connectivity index (χ3n) is 6.30. The van der Waals surface area contributed by atoms with Crippen LogP contribution in [-0.4, -0.2) is 44.5 Å². The smallest absolute Gasteiger partial charge is 0.259 e. The third-order valence-corrected chi connectivity index (χ3v) is 6.30. The molecule has 32 heavy (non-hydrogen) atoms. The van der Waals surface area contributed by atoms with Gasteiger partial charge in [0.15, 0.2) is 0 Å². The van der Waals surface area contributed by atoms with Crippen LogP contribution < -0.4 is 10.9 Å². The number of amides is 2. The van der Waals surface area contributed by atoms with Crippen LogP contribution in [0.3, 0.4) is 0 Å². The highest BCUT2D eigenvalue weighted by atomic mass is 16.5. The summed E-state index contributed by atoms with van der Waals surface area (Å²) in [5.41, 5.74) is 2.28. The van der Waals surface area contributed by atoms with Gasteiger partial charge in [0.2, 0.25) is 5.91 Å². The number of nitrogens with zero attached hydrogens (tertiary/aromatic N) is 4. The summed E-state index contributed by atoms with van der Waals surface area (Å²) in [5.74, 6) is 1.38. The number of hydrogen-bond acceptors (Lipinski definition) is 6. The molecule has 4 heterocycles. The first-order valence-electron chi connectivity index (χ1n) is 11.4. The van der Waals surface area contributed by atoms with Gasteiger partial charge in [0.1, 0.15) is 17.1 Å². The molecule has 0 fully saturated rings. The molecular weight excluding hydrogens is 410 g/mol. The molecule has 2 aliphatic rings. The zero-order valence-corrected chi connectivity index (χ0v) is 19.2. The van der Waals surface area contributed by atoms with Crippen LogP contribution in [0.4, 0.5) is 0 Å². The number of rotatable bonds is 5. The maximum absolute atomic E-state index is 13.5. The van der Waals surface area contributed by atoms with Crippen molar-refractivity contribution in [3.63, 3.8) is 0 Å². The standard InChI is InChI=1S/C23H31N5O4/c1-13(2)10-20(29)24-11-16-6-5-7-19-25-18-8-9-27(12-17(18)22(30)28(16)19)23(31)21-14(3)26-32-15(21)4/h13,16H,5-12H2,1-4H3,(H,24,29). The van der Waals surface area contributed by atoms with Crippen molar-refractivity contribution in [3.8, 4) is 0 Å². The van der Waals surface area contributed by atoms with Crippen LogP contribution >= 0.6 is 0 Å². The highest BCUT2D eigenvalue weighted by molar-refractivity contribution is 5.96. The van der Waals surface area contributed by atoms with Crippen LogP contribution in [0.2, 0.25) is 0 Å². The van der Waals surface area contributed by atoms with Crippen molar-refractivity contribution in [1.82, 2.24) is 24.9 Å². The van der Waals surface area contributed by atoms with Gasteiger partial charge in [0, 0.05) is 32.4 Å². The lowest BCUT2D eigenvalue weighted by molar-refractivity contribution is -0.121. The summed E-state index contributed by atoms with van der Waals surface area (Å²) in [7, 11) is 0. The molecule has 9 heteroatoms. The van der Waals surface area contributed by atoms with Gasteiger partial charge in [-0.15, -0.1) is 0 Å². The summed E-state index contributed by atoms with van der Waals surface area (Å²) in [4.78, 5) is 45.2. The molecule has 2 amide bonds. The normalized spacial score (nSPS) is 17.8. The second-order valence-electron chi connectivity index (χ2n) is 9.25. The minimum absolute atomic E-state index is 0.00215. The first-order chi connectivity index (χ1) is 15.3. The molecule has 0 radical (unpaired) electrons. The molecule has 2 aromatic heterocycles. The van der Waals surface area contributed by atoms with Crippen molar-refractivity contribution in [2.75, 3.05) is 13.1 Å². The van der Waals surface area contributed by atoms with Crippen LogP contribution in [0.1, 0.15) is 78.0 Å². The summed E-state index contributed by atoms with van der Waals surface area (Å²) in [6.45, 7) is 8.61. The Morgan fingerprint density at radius 3 is 2.72 bits per heavy atom. The fourth-order valence-corrected chi connectivity index (χ4v) is 4.71. The van der Waals surface area contributed by atoms with Gasteiger partial charge < -0.3 is 14.7 Å². The molecule has 1 N–H and O–H groups in total. The van der Waals surface area contributed by atoms with Gasteiger partial charge in [-0.05, 0) is 32.6 Å². The number of hydrogen-bond donors (Lipinski definition) is 1.